The monoisotopic (exact) mass is 304 g/mol. The molecule has 0 radical (unpaired) electrons. The van der Waals surface area contributed by atoms with Crippen LogP contribution in [0.3, 0.4) is 0 Å². The number of likely N-dealkylation sites (tertiary alicyclic amines) is 1. The second-order valence-electron chi connectivity index (χ2n) is 6.81. The van der Waals surface area contributed by atoms with Crippen molar-refractivity contribution >= 4 is 5.91 Å². The molecule has 0 aromatic heterocycles. The van der Waals surface area contributed by atoms with Crippen LogP contribution in [0.4, 0.5) is 0 Å². The topological polar surface area (TPSA) is 41.6 Å². The van der Waals surface area contributed by atoms with E-state index in [9.17, 15) is 4.79 Å². The van der Waals surface area contributed by atoms with Crippen LogP contribution in [0.5, 0.6) is 5.75 Å². The van der Waals surface area contributed by atoms with E-state index in [1.54, 1.807) is 7.11 Å². The third-order valence-corrected chi connectivity index (χ3v) is 4.63. The summed E-state index contributed by atoms with van der Waals surface area (Å²) in [7, 11) is 3.77. The van der Waals surface area contributed by atoms with Gasteiger partial charge in [-0.1, -0.05) is 18.2 Å². The van der Waals surface area contributed by atoms with Crippen molar-refractivity contribution in [3.8, 4) is 5.75 Å². The van der Waals surface area contributed by atoms with E-state index in [1.165, 1.54) is 6.42 Å². The number of ether oxygens (including phenoxy) is 1. The van der Waals surface area contributed by atoms with Crippen LogP contribution in [0, 0.1) is 6.92 Å². The number of benzene rings is 1. The highest BCUT2D eigenvalue weighted by Gasteiger charge is 2.29. The Morgan fingerprint density at radius 2 is 2.18 bits per heavy atom. The standard InChI is InChI=1S/C18H28N2O2/c1-13-8-6-10-15(17(13)22-5)18(2,3)19-16(21)12-14-9-7-11-20(14)4/h6,8,10,14H,7,9,11-12H2,1-5H3,(H,19,21). The zero-order chi connectivity index (χ0) is 16.3. The molecule has 1 N–H and O–H groups in total. The molecule has 0 aliphatic carbocycles. The lowest BCUT2D eigenvalue weighted by Crippen LogP contribution is -2.43. The van der Waals surface area contributed by atoms with Crippen molar-refractivity contribution in [3.63, 3.8) is 0 Å². The summed E-state index contributed by atoms with van der Waals surface area (Å²) in [5.41, 5.74) is 1.65. The molecule has 0 saturated carbocycles. The van der Waals surface area contributed by atoms with E-state index >= 15 is 0 Å². The normalized spacial score (nSPS) is 19.2. The van der Waals surface area contributed by atoms with Gasteiger partial charge in [0.1, 0.15) is 5.75 Å². The van der Waals surface area contributed by atoms with E-state index < -0.39 is 5.54 Å². The smallest absolute Gasteiger partial charge is 0.222 e. The summed E-state index contributed by atoms with van der Waals surface area (Å²) in [4.78, 5) is 14.7. The number of carbonyl (C=O) groups excluding carboxylic acids is 1. The Balaban J connectivity index is 2.10. The number of nitrogens with zero attached hydrogens (tertiary/aromatic N) is 1. The third-order valence-electron chi connectivity index (χ3n) is 4.63. The first-order chi connectivity index (χ1) is 10.3. The molecule has 4 heteroatoms. The Morgan fingerprint density at radius 3 is 2.77 bits per heavy atom. The first-order valence-corrected chi connectivity index (χ1v) is 8.00. The molecule has 0 spiro atoms. The highest BCUT2D eigenvalue weighted by Crippen LogP contribution is 2.32. The van der Waals surface area contributed by atoms with Crippen LogP contribution in [0.1, 0.15) is 44.2 Å². The molecule has 1 heterocycles. The van der Waals surface area contributed by atoms with Gasteiger partial charge < -0.3 is 15.0 Å². The lowest BCUT2D eigenvalue weighted by atomic mass is 9.91. The average molecular weight is 304 g/mol. The minimum atomic E-state index is -0.453. The molecular weight excluding hydrogens is 276 g/mol. The molecule has 1 aromatic rings. The van der Waals surface area contributed by atoms with Gasteiger partial charge >= 0.3 is 0 Å². The minimum Gasteiger partial charge on any atom is -0.496 e. The number of carbonyl (C=O) groups is 1. The van der Waals surface area contributed by atoms with E-state index in [2.05, 4.69) is 17.3 Å². The highest BCUT2D eigenvalue weighted by molar-refractivity contribution is 5.77. The number of aryl methyl sites for hydroxylation is 1. The number of para-hydroxylation sites is 1. The first-order valence-electron chi connectivity index (χ1n) is 8.00. The van der Waals surface area contributed by atoms with Gasteiger partial charge in [0.15, 0.2) is 0 Å². The Kier molecular flexibility index (Phi) is 5.12. The highest BCUT2D eigenvalue weighted by atomic mass is 16.5. The van der Waals surface area contributed by atoms with Crippen LogP contribution in [-0.4, -0.2) is 37.6 Å². The van der Waals surface area contributed by atoms with E-state index in [1.807, 2.05) is 39.0 Å². The summed E-state index contributed by atoms with van der Waals surface area (Å²) >= 11 is 0. The Hall–Kier alpha value is -1.55. The number of nitrogens with one attached hydrogen (secondary N) is 1. The summed E-state index contributed by atoms with van der Waals surface area (Å²) in [5.74, 6) is 0.957. The van der Waals surface area contributed by atoms with E-state index in [0.29, 0.717) is 12.5 Å². The number of methoxy groups -OCH3 is 1. The summed E-state index contributed by atoms with van der Waals surface area (Å²) < 4.78 is 5.53. The minimum absolute atomic E-state index is 0.104. The summed E-state index contributed by atoms with van der Waals surface area (Å²) in [5, 5.41) is 3.18. The van der Waals surface area contributed by atoms with Crippen LogP contribution < -0.4 is 10.1 Å². The predicted octanol–water partition coefficient (Wildman–Crippen LogP) is 2.84. The molecule has 1 aliphatic heterocycles. The molecule has 4 nitrogen and oxygen atoms in total. The van der Waals surface area contributed by atoms with E-state index in [0.717, 1.165) is 29.8 Å². The molecule has 1 aromatic carbocycles. The molecule has 1 unspecified atom stereocenters. The van der Waals surface area contributed by atoms with Crippen LogP contribution in [0.25, 0.3) is 0 Å². The first kappa shape index (κ1) is 16.8. The van der Waals surface area contributed by atoms with Crippen LogP contribution >= 0.6 is 0 Å². The average Bonchev–Trinajstić information content (AvgIpc) is 2.83. The summed E-state index contributed by atoms with van der Waals surface area (Å²) in [6.07, 6.45) is 2.86. The van der Waals surface area contributed by atoms with Gasteiger partial charge in [-0.05, 0) is 52.8 Å². The zero-order valence-corrected chi connectivity index (χ0v) is 14.4. The maximum absolute atomic E-state index is 12.4. The SMILES string of the molecule is COc1c(C)cccc1C(C)(C)NC(=O)CC1CCCN1C. The van der Waals surface area contributed by atoms with Gasteiger partial charge in [-0.2, -0.15) is 0 Å². The predicted molar refractivity (Wildman–Crippen MR) is 89.2 cm³/mol. The molecule has 1 fully saturated rings. The maximum atomic E-state index is 12.4. The Labute approximate surface area is 133 Å². The quantitative estimate of drug-likeness (QED) is 0.909. The van der Waals surface area contributed by atoms with Crippen molar-refractivity contribution < 1.29 is 9.53 Å². The third kappa shape index (κ3) is 3.61. The second kappa shape index (κ2) is 6.69. The molecule has 1 aliphatic rings. The lowest BCUT2D eigenvalue weighted by molar-refractivity contribution is -0.123. The number of amides is 1. The number of hydrogen-bond donors (Lipinski definition) is 1. The summed E-state index contributed by atoms with van der Waals surface area (Å²) in [6, 6.07) is 6.42. The zero-order valence-electron chi connectivity index (χ0n) is 14.4. The van der Waals surface area contributed by atoms with Gasteiger partial charge in [0.2, 0.25) is 5.91 Å². The van der Waals surface area contributed by atoms with Crippen molar-refractivity contribution in [2.24, 2.45) is 0 Å². The van der Waals surface area contributed by atoms with Crippen LogP contribution in [0.15, 0.2) is 18.2 Å². The van der Waals surface area contributed by atoms with Gasteiger partial charge in [-0.25, -0.2) is 0 Å². The molecular formula is C18H28N2O2. The maximum Gasteiger partial charge on any atom is 0.222 e. The van der Waals surface area contributed by atoms with Gasteiger partial charge in [-0.15, -0.1) is 0 Å². The molecule has 22 heavy (non-hydrogen) atoms. The van der Waals surface area contributed by atoms with Crippen LogP contribution in [0.2, 0.25) is 0 Å². The van der Waals surface area contributed by atoms with Crippen LogP contribution in [-0.2, 0) is 10.3 Å². The summed E-state index contributed by atoms with van der Waals surface area (Å²) in [6.45, 7) is 7.17. The van der Waals surface area contributed by atoms with Gasteiger partial charge in [-0.3, -0.25) is 4.79 Å². The van der Waals surface area contributed by atoms with Crippen molar-refractivity contribution in [2.75, 3.05) is 20.7 Å². The molecule has 1 atom stereocenters. The van der Waals surface area contributed by atoms with Gasteiger partial charge in [0, 0.05) is 18.0 Å². The van der Waals surface area contributed by atoms with Crippen molar-refractivity contribution in [1.29, 1.82) is 0 Å². The van der Waals surface area contributed by atoms with Crippen molar-refractivity contribution in [3.05, 3.63) is 29.3 Å². The van der Waals surface area contributed by atoms with E-state index in [-0.39, 0.29) is 5.91 Å². The molecule has 122 valence electrons. The lowest BCUT2D eigenvalue weighted by Gasteiger charge is -2.30. The fourth-order valence-electron chi connectivity index (χ4n) is 3.33. The molecule has 0 bridgehead atoms. The fraction of sp³-hybridized carbons (Fsp3) is 0.611. The molecule has 2 rings (SSSR count). The fourth-order valence-corrected chi connectivity index (χ4v) is 3.33. The largest absolute Gasteiger partial charge is 0.496 e. The van der Waals surface area contributed by atoms with E-state index in [4.69, 9.17) is 4.74 Å². The number of hydrogen-bond acceptors (Lipinski definition) is 3. The van der Waals surface area contributed by atoms with Crippen molar-refractivity contribution in [1.82, 2.24) is 10.2 Å². The Morgan fingerprint density at radius 1 is 1.45 bits per heavy atom. The Bertz CT molecular complexity index is 540. The van der Waals surface area contributed by atoms with Gasteiger partial charge in [0.25, 0.3) is 0 Å². The molecule has 1 saturated heterocycles. The van der Waals surface area contributed by atoms with Crippen molar-refractivity contribution in [2.45, 2.75) is 51.6 Å². The number of rotatable bonds is 5. The van der Waals surface area contributed by atoms with Gasteiger partial charge in [0.05, 0.1) is 12.6 Å². The molecule has 1 amide bonds. The second-order valence-corrected chi connectivity index (χ2v) is 6.81.